The molecular weight excluding hydrogens is 390 g/mol. The van der Waals surface area contributed by atoms with Gasteiger partial charge in [-0.15, -0.1) is 0 Å². The Labute approximate surface area is 185 Å². The van der Waals surface area contributed by atoms with E-state index in [4.69, 9.17) is 10.5 Å². The maximum absolute atomic E-state index is 12.9. The predicted octanol–water partition coefficient (Wildman–Crippen LogP) is 2.98. The van der Waals surface area contributed by atoms with Crippen LogP contribution in [0.25, 0.3) is 0 Å². The van der Waals surface area contributed by atoms with E-state index in [2.05, 4.69) is 6.07 Å². The van der Waals surface area contributed by atoms with Gasteiger partial charge in [-0.25, -0.2) is 0 Å². The van der Waals surface area contributed by atoms with Crippen LogP contribution in [0.1, 0.15) is 38.8 Å². The Morgan fingerprint density at radius 2 is 1.84 bits per heavy atom. The predicted molar refractivity (Wildman–Crippen MR) is 122 cm³/mol. The minimum Gasteiger partial charge on any atom is -0.492 e. The minimum atomic E-state index is -0.850. The number of anilines is 1. The number of nitrogens with zero attached hydrogens (tertiary/aromatic N) is 2. The Morgan fingerprint density at radius 1 is 1.19 bits per heavy atom. The Balaban J connectivity index is 2.24. The molecular formula is C25H32N3O3. The van der Waals surface area contributed by atoms with E-state index in [9.17, 15) is 9.59 Å². The fourth-order valence-corrected chi connectivity index (χ4v) is 5.10. The number of rotatable bonds is 6. The van der Waals surface area contributed by atoms with E-state index in [-0.39, 0.29) is 5.91 Å². The van der Waals surface area contributed by atoms with Gasteiger partial charge in [-0.2, -0.15) is 0 Å². The Bertz CT molecular complexity index is 971. The maximum atomic E-state index is 12.9. The van der Waals surface area contributed by atoms with Crippen molar-refractivity contribution in [1.82, 2.24) is 4.90 Å². The summed E-state index contributed by atoms with van der Waals surface area (Å²) < 4.78 is 5.90. The summed E-state index contributed by atoms with van der Waals surface area (Å²) in [5.74, 6) is -0.680. The summed E-state index contributed by atoms with van der Waals surface area (Å²) in [6.07, 6.45) is 0. The summed E-state index contributed by atoms with van der Waals surface area (Å²) in [6, 6.07) is 16.7. The molecule has 0 spiro atoms. The highest BCUT2D eigenvalue weighted by molar-refractivity contribution is 5.98. The number of benzene rings is 2. The van der Waals surface area contributed by atoms with Gasteiger partial charge in [-0.05, 0) is 45.1 Å². The van der Waals surface area contributed by atoms with Crippen molar-refractivity contribution in [2.24, 2.45) is 11.7 Å². The van der Waals surface area contributed by atoms with Crippen LogP contribution in [0, 0.1) is 12.0 Å². The van der Waals surface area contributed by atoms with Crippen molar-refractivity contribution in [1.29, 1.82) is 0 Å². The van der Waals surface area contributed by atoms with Crippen LogP contribution in [-0.2, 0) is 15.0 Å². The average Bonchev–Trinajstić information content (AvgIpc) is 2.67. The number of hydrogen-bond donors (Lipinski definition) is 1. The van der Waals surface area contributed by atoms with Gasteiger partial charge in [0.2, 0.25) is 11.8 Å². The van der Waals surface area contributed by atoms with E-state index < -0.39 is 22.8 Å². The van der Waals surface area contributed by atoms with E-state index in [0.717, 1.165) is 23.4 Å². The third kappa shape index (κ3) is 3.92. The van der Waals surface area contributed by atoms with Crippen LogP contribution in [0.3, 0.4) is 0 Å². The van der Waals surface area contributed by atoms with Crippen molar-refractivity contribution >= 4 is 17.5 Å². The lowest BCUT2D eigenvalue weighted by molar-refractivity contribution is -0.127. The Morgan fingerprint density at radius 3 is 2.39 bits per heavy atom. The van der Waals surface area contributed by atoms with Gasteiger partial charge in [0.1, 0.15) is 12.4 Å². The van der Waals surface area contributed by atoms with Crippen molar-refractivity contribution < 1.29 is 14.3 Å². The molecule has 0 aliphatic carbocycles. The van der Waals surface area contributed by atoms with Crippen LogP contribution in [0.2, 0.25) is 0 Å². The molecule has 31 heavy (non-hydrogen) atoms. The summed E-state index contributed by atoms with van der Waals surface area (Å²) in [7, 11) is 3.96. The Hall–Kier alpha value is -2.86. The summed E-state index contributed by atoms with van der Waals surface area (Å²) >= 11 is 0. The van der Waals surface area contributed by atoms with Gasteiger partial charge in [0.25, 0.3) is 0 Å². The first kappa shape index (κ1) is 22.8. The number of carbonyl (C=O) groups is 2. The monoisotopic (exact) mass is 422 g/mol. The molecule has 0 fully saturated rings. The smallest absolute Gasteiger partial charge is 0.224 e. The molecule has 1 heterocycles. The van der Waals surface area contributed by atoms with Gasteiger partial charge >= 0.3 is 0 Å². The van der Waals surface area contributed by atoms with Gasteiger partial charge in [-0.1, -0.05) is 37.3 Å². The molecule has 6 heteroatoms. The van der Waals surface area contributed by atoms with Gasteiger partial charge in [0.15, 0.2) is 0 Å². The third-order valence-corrected chi connectivity index (χ3v) is 6.33. The molecule has 0 bridgehead atoms. The van der Waals surface area contributed by atoms with Crippen LogP contribution in [0.5, 0.6) is 5.75 Å². The molecule has 2 N–H and O–H groups in total. The second kappa shape index (κ2) is 8.35. The van der Waals surface area contributed by atoms with E-state index in [0.29, 0.717) is 12.4 Å². The fraction of sp³-hybridized carbons (Fsp3) is 0.440. The zero-order chi connectivity index (χ0) is 23.0. The summed E-state index contributed by atoms with van der Waals surface area (Å²) in [4.78, 5) is 29.4. The number of nitrogens with two attached hydrogens (primary N) is 1. The van der Waals surface area contributed by atoms with Crippen LogP contribution in [0.15, 0.2) is 42.5 Å². The number of likely N-dealkylation sites (N-methyl/N-ethyl adjacent to an activating group) is 1. The highest BCUT2D eigenvalue weighted by Gasteiger charge is 2.57. The average molecular weight is 423 g/mol. The first-order chi connectivity index (χ1) is 14.5. The number of primary amides is 1. The highest BCUT2D eigenvalue weighted by Crippen LogP contribution is 2.54. The normalized spacial score (nSPS) is 22.2. The van der Waals surface area contributed by atoms with E-state index in [1.54, 1.807) is 4.90 Å². The lowest BCUT2D eigenvalue weighted by atomic mass is 9.57. The summed E-state index contributed by atoms with van der Waals surface area (Å²) in [5.41, 5.74) is 6.91. The molecule has 2 atom stereocenters. The molecule has 6 nitrogen and oxygen atoms in total. The third-order valence-electron chi connectivity index (χ3n) is 6.33. The van der Waals surface area contributed by atoms with Gasteiger partial charge in [0.05, 0.1) is 17.1 Å². The zero-order valence-electron chi connectivity index (χ0n) is 19.2. The van der Waals surface area contributed by atoms with E-state index in [1.165, 1.54) is 6.92 Å². The van der Waals surface area contributed by atoms with Crippen molar-refractivity contribution in [3.63, 3.8) is 0 Å². The van der Waals surface area contributed by atoms with Crippen molar-refractivity contribution in [2.45, 2.75) is 38.6 Å². The zero-order valence-corrected chi connectivity index (χ0v) is 19.2. The van der Waals surface area contributed by atoms with Crippen molar-refractivity contribution in [3.8, 4) is 5.75 Å². The van der Waals surface area contributed by atoms with Crippen molar-refractivity contribution in [2.75, 3.05) is 32.1 Å². The quantitative estimate of drug-likeness (QED) is 0.777. The van der Waals surface area contributed by atoms with Crippen LogP contribution >= 0.6 is 0 Å². The molecule has 1 aliphatic rings. The summed E-state index contributed by atoms with van der Waals surface area (Å²) in [5, 5.41) is 0. The van der Waals surface area contributed by atoms with E-state index >= 15 is 0 Å². The minimum absolute atomic E-state index is 0.155. The first-order valence-electron chi connectivity index (χ1n) is 10.5. The number of fused-ring (bicyclic) bond motifs is 1. The molecule has 3 rings (SSSR count). The molecule has 1 aliphatic heterocycles. The molecule has 1 radical (unpaired) electrons. The molecule has 0 saturated carbocycles. The number of carbonyl (C=O) groups excluding carboxylic acids is 2. The van der Waals surface area contributed by atoms with Gasteiger partial charge in [0, 0.05) is 31.0 Å². The van der Waals surface area contributed by atoms with E-state index in [1.807, 2.05) is 82.2 Å². The lowest BCUT2D eigenvalue weighted by Gasteiger charge is -2.55. The Kier molecular flexibility index (Phi) is 6.14. The number of ether oxygens (including phenoxy) is 1. The number of amides is 2. The van der Waals surface area contributed by atoms with Crippen LogP contribution in [0.4, 0.5) is 5.69 Å². The summed E-state index contributed by atoms with van der Waals surface area (Å²) in [6.45, 7) is 8.60. The molecule has 2 unspecified atom stereocenters. The van der Waals surface area contributed by atoms with Gasteiger partial charge < -0.3 is 20.3 Å². The highest BCUT2D eigenvalue weighted by atomic mass is 16.5. The lowest BCUT2D eigenvalue weighted by Crippen LogP contribution is -2.65. The second-order valence-corrected chi connectivity index (χ2v) is 9.16. The molecule has 0 aromatic heterocycles. The molecule has 165 valence electrons. The maximum Gasteiger partial charge on any atom is 0.224 e. The molecule has 0 saturated heterocycles. The molecule has 2 amide bonds. The number of hydrogen-bond acceptors (Lipinski definition) is 4. The molecule has 2 aromatic rings. The van der Waals surface area contributed by atoms with Crippen LogP contribution in [-0.4, -0.2) is 49.5 Å². The topological polar surface area (TPSA) is 75.9 Å². The fourth-order valence-electron chi connectivity index (χ4n) is 5.10. The standard InChI is InChI=1S/C25H32N3O3/c1-17(29)28-21-16-19(31-15-14-27(5)6)12-13-20(21)25(4,18-10-8-7-9-11-18)22(23(26)30)24(28,2)3/h7-11,13,16,22H,14-15H2,1-6H3,(H2,26,30). The largest absolute Gasteiger partial charge is 0.492 e. The van der Waals surface area contributed by atoms with Crippen molar-refractivity contribution in [3.05, 3.63) is 59.7 Å². The van der Waals surface area contributed by atoms with Crippen LogP contribution < -0.4 is 15.4 Å². The second-order valence-electron chi connectivity index (χ2n) is 9.16. The molecule has 2 aromatic carbocycles. The first-order valence-corrected chi connectivity index (χ1v) is 10.5. The SMILES string of the molecule is CC(=O)N1c2cc(OCCN(C)C)[c]cc2C(C)(c2ccccc2)C(C(N)=O)C1(C)C. The van der Waals surface area contributed by atoms with Gasteiger partial charge in [-0.3, -0.25) is 9.59 Å².